The predicted octanol–water partition coefficient (Wildman–Crippen LogP) is 2.29. The molecule has 2 unspecified atom stereocenters. The molecule has 1 amide bonds. The average Bonchev–Trinajstić information content (AvgIpc) is 2.81. The highest BCUT2D eigenvalue weighted by atomic mass is 32.2. The van der Waals surface area contributed by atoms with Crippen molar-refractivity contribution in [2.24, 2.45) is 0 Å². The standard InChI is InChI=1S/C19H37NO4S.C6H15NO3/c1-3-4-5-6-7-8-9-10-11-12-13-14-18(21)20-17(19(22)23)15-16-25(2)24;8-4-1-7(2-5-9)3-6-10/h17H,3-16H2,1-2H3,(H,20,21)(H,22,23);8-10H,1-6H2. The Kier molecular flexibility index (Phi) is 28.7. The van der Waals surface area contributed by atoms with Gasteiger partial charge >= 0.3 is 5.97 Å². The van der Waals surface area contributed by atoms with E-state index in [4.69, 9.17) is 20.4 Å². The second-order valence-corrected chi connectivity index (χ2v) is 10.4. The number of nitrogens with one attached hydrogen (secondary N) is 1. The van der Waals surface area contributed by atoms with E-state index in [-0.39, 0.29) is 37.9 Å². The third kappa shape index (κ3) is 27.5. The average molecular weight is 525 g/mol. The molecule has 2 atom stereocenters. The Hall–Kier alpha value is -0.910. The van der Waals surface area contributed by atoms with Crippen LogP contribution in [0.4, 0.5) is 0 Å². The van der Waals surface area contributed by atoms with Crippen molar-refractivity contribution in [2.45, 2.75) is 96.4 Å². The van der Waals surface area contributed by atoms with Gasteiger partial charge in [0.25, 0.3) is 0 Å². The predicted molar refractivity (Wildman–Crippen MR) is 142 cm³/mol. The van der Waals surface area contributed by atoms with Crippen LogP contribution in [-0.4, -0.2) is 99.3 Å². The number of amides is 1. The lowest BCUT2D eigenvalue weighted by Gasteiger charge is -2.17. The number of aliphatic hydroxyl groups is 3. The first-order chi connectivity index (χ1) is 16.8. The van der Waals surface area contributed by atoms with Gasteiger partial charge in [0.15, 0.2) is 0 Å². The quantitative estimate of drug-likeness (QED) is 0.101. The molecule has 210 valence electrons. The molecule has 0 heterocycles. The van der Waals surface area contributed by atoms with Crippen LogP contribution in [0.25, 0.3) is 0 Å². The number of hydrogen-bond acceptors (Lipinski definition) is 7. The van der Waals surface area contributed by atoms with E-state index in [9.17, 15) is 14.1 Å². The number of carboxylic acids is 1. The molecule has 0 spiro atoms. The molecule has 35 heavy (non-hydrogen) atoms. The molecule has 0 radical (unpaired) electrons. The van der Waals surface area contributed by atoms with Gasteiger partial charge in [0.2, 0.25) is 5.91 Å². The van der Waals surface area contributed by atoms with E-state index in [1.165, 1.54) is 57.6 Å². The summed E-state index contributed by atoms with van der Waals surface area (Å²) in [6.07, 6.45) is 15.5. The molecule has 0 aliphatic heterocycles. The van der Waals surface area contributed by atoms with Crippen LogP contribution in [-0.2, 0) is 20.8 Å². The van der Waals surface area contributed by atoms with Crippen molar-refractivity contribution in [3.63, 3.8) is 0 Å². The summed E-state index contributed by atoms with van der Waals surface area (Å²) in [6.45, 7) is 3.98. The van der Waals surface area contributed by atoms with Crippen LogP contribution in [0.3, 0.4) is 0 Å². The number of aliphatic carboxylic acids is 1. The van der Waals surface area contributed by atoms with Crippen molar-refractivity contribution in [2.75, 3.05) is 51.5 Å². The van der Waals surface area contributed by atoms with Gasteiger partial charge in [0, 0.05) is 32.5 Å². The van der Waals surface area contributed by atoms with Gasteiger partial charge in [-0.2, -0.15) is 0 Å². The molecular weight excluding hydrogens is 472 g/mol. The Morgan fingerprint density at radius 2 is 1.26 bits per heavy atom. The van der Waals surface area contributed by atoms with Gasteiger partial charge in [-0.1, -0.05) is 82.3 Å². The highest BCUT2D eigenvalue weighted by Crippen LogP contribution is 2.12. The lowest BCUT2D eigenvalue weighted by Crippen LogP contribution is -2.41. The van der Waals surface area contributed by atoms with Crippen molar-refractivity contribution < 1.29 is 34.6 Å². The Balaban J connectivity index is 0. The molecule has 0 bridgehead atoms. The molecule has 0 saturated heterocycles. The van der Waals surface area contributed by atoms with Crippen LogP contribution in [0.5, 0.6) is 0 Å². The van der Waals surface area contributed by atoms with Crippen LogP contribution < -0.4 is 5.32 Å². The van der Waals surface area contributed by atoms with E-state index >= 15 is 0 Å². The minimum absolute atomic E-state index is 0.0694. The number of carboxylic acid groups (broad SMARTS) is 1. The lowest BCUT2D eigenvalue weighted by atomic mass is 10.1. The monoisotopic (exact) mass is 524 g/mol. The molecule has 9 nitrogen and oxygen atoms in total. The van der Waals surface area contributed by atoms with E-state index in [2.05, 4.69) is 12.2 Å². The van der Waals surface area contributed by atoms with Crippen LogP contribution in [0.1, 0.15) is 90.4 Å². The molecule has 0 saturated carbocycles. The molecule has 0 aromatic rings. The fraction of sp³-hybridized carbons (Fsp3) is 0.920. The van der Waals surface area contributed by atoms with Crippen molar-refractivity contribution in [1.29, 1.82) is 0 Å². The number of hydrogen-bond donors (Lipinski definition) is 5. The van der Waals surface area contributed by atoms with Crippen LogP contribution in [0.15, 0.2) is 0 Å². The summed E-state index contributed by atoms with van der Waals surface area (Å²) in [4.78, 5) is 24.7. The Labute approximate surface area is 215 Å². The summed E-state index contributed by atoms with van der Waals surface area (Å²) < 4.78 is 11.0. The third-order valence-electron chi connectivity index (χ3n) is 5.58. The summed E-state index contributed by atoms with van der Waals surface area (Å²) in [5, 5.41) is 37.1. The second-order valence-electron chi connectivity index (χ2n) is 8.82. The fourth-order valence-corrected chi connectivity index (χ4v) is 4.08. The molecule has 5 N–H and O–H groups in total. The van der Waals surface area contributed by atoms with E-state index < -0.39 is 23.2 Å². The SMILES string of the molecule is CCCCCCCCCCCCCC(=O)NC(CC[S+](C)[O-])C(=O)O.OCCN(CCO)CCO. The third-order valence-corrected chi connectivity index (χ3v) is 6.39. The summed E-state index contributed by atoms with van der Waals surface area (Å²) in [5.41, 5.74) is 0. The number of unbranched alkanes of at least 4 members (excludes halogenated alkanes) is 10. The van der Waals surface area contributed by atoms with E-state index in [1.807, 2.05) is 0 Å². The van der Waals surface area contributed by atoms with Crippen LogP contribution in [0, 0.1) is 0 Å². The van der Waals surface area contributed by atoms with Gasteiger partial charge in [0.05, 0.1) is 26.1 Å². The minimum Gasteiger partial charge on any atom is -0.617 e. The molecule has 0 rings (SSSR count). The highest BCUT2D eigenvalue weighted by Gasteiger charge is 2.21. The largest absolute Gasteiger partial charge is 0.617 e. The lowest BCUT2D eigenvalue weighted by molar-refractivity contribution is -0.141. The fourth-order valence-electron chi connectivity index (χ4n) is 3.52. The summed E-state index contributed by atoms with van der Waals surface area (Å²) in [5.74, 6) is -0.988. The first kappa shape index (κ1) is 36.2. The van der Waals surface area contributed by atoms with Crippen LogP contribution >= 0.6 is 0 Å². The first-order valence-corrected chi connectivity index (χ1v) is 14.9. The molecule has 0 aromatic heterocycles. The van der Waals surface area contributed by atoms with Gasteiger partial charge in [-0.25, -0.2) is 4.79 Å². The molecular formula is C25H52N2O7S. The zero-order valence-electron chi connectivity index (χ0n) is 22.1. The zero-order valence-corrected chi connectivity index (χ0v) is 22.9. The Morgan fingerprint density at radius 3 is 1.63 bits per heavy atom. The van der Waals surface area contributed by atoms with Gasteiger partial charge in [-0.15, -0.1) is 0 Å². The molecule has 0 aliphatic rings. The highest BCUT2D eigenvalue weighted by molar-refractivity contribution is 7.90. The number of rotatable bonds is 23. The Bertz CT molecular complexity index is 470. The zero-order chi connectivity index (χ0) is 26.7. The van der Waals surface area contributed by atoms with E-state index in [1.54, 1.807) is 4.90 Å². The maximum Gasteiger partial charge on any atom is 0.326 e. The van der Waals surface area contributed by atoms with Crippen molar-refractivity contribution in [1.82, 2.24) is 10.2 Å². The van der Waals surface area contributed by atoms with E-state index in [0.717, 1.165) is 19.3 Å². The van der Waals surface area contributed by atoms with Gasteiger partial charge in [0.1, 0.15) is 11.8 Å². The molecule has 0 fully saturated rings. The van der Waals surface area contributed by atoms with Crippen LogP contribution in [0.2, 0.25) is 0 Å². The van der Waals surface area contributed by atoms with Gasteiger partial charge in [-0.05, 0) is 6.42 Å². The first-order valence-electron chi connectivity index (χ1n) is 13.2. The Morgan fingerprint density at radius 1 is 0.829 bits per heavy atom. The number of carbonyl (C=O) groups is 2. The van der Waals surface area contributed by atoms with E-state index in [0.29, 0.717) is 26.1 Å². The number of nitrogens with zero attached hydrogens (tertiary/aromatic N) is 1. The number of aliphatic hydroxyl groups excluding tert-OH is 3. The normalized spacial score (nSPS) is 12.7. The molecule has 10 heteroatoms. The molecule has 0 aliphatic carbocycles. The number of carbonyl (C=O) groups excluding carboxylic acids is 1. The molecule has 0 aromatic carbocycles. The summed E-state index contributed by atoms with van der Waals surface area (Å²) in [7, 11) is 0. The van der Waals surface area contributed by atoms with Gasteiger partial charge < -0.3 is 30.3 Å². The maximum absolute atomic E-state index is 11.8. The maximum atomic E-state index is 11.8. The van der Waals surface area contributed by atoms with Gasteiger partial charge in [-0.3, -0.25) is 9.69 Å². The summed E-state index contributed by atoms with van der Waals surface area (Å²) in [6, 6.07) is -0.927. The van der Waals surface area contributed by atoms with Crippen molar-refractivity contribution in [3.8, 4) is 0 Å². The van der Waals surface area contributed by atoms with Crippen molar-refractivity contribution in [3.05, 3.63) is 0 Å². The summed E-state index contributed by atoms with van der Waals surface area (Å²) >= 11 is -1.05. The van der Waals surface area contributed by atoms with Crippen molar-refractivity contribution >= 4 is 23.1 Å². The second kappa shape index (κ2) is 27.7. The topological polar surface area (TPSA) is 153 Å². The smallest absolute Gasteiger partial charge is 0.326 e. The minimum atomic E-state index is -1.06.